The molecule has 1 aliphatic heterocycles. The van der Waals surface area contributed by atoms with E-state index >= 15 is 0 Å². The van der Waals surface area contributed by atoms with Crippen molar-refractivity contribution in [1.29, 1.82) is 0 Å². The summed E-state index contributed by atoms with van der Waals surface area (Å²) in [5.74, 6) is 2.37. The van der Waals surface area contributed by atoms with Crippen LogP contribution in [-0.4, -0.2) is 57.5 Å². The van der Waals surface area contributed by atoms with E-state index in [4.69, 9.17) is 4.74 Å². The van der Waals surface area contributed by atoms with Crippen LogP contribution in [0.15, 0.2) is 5.16 Å². The minimum atomic E-state index is 0.152. The maximum atomic E-state index is 12.3. The van der Waals surface area contributed by atoms with Gasteiger partial charge in [0.15, 0.2) is 0 Å². The molecule has 1 unspecified atom stereocenters. The molecule has 1 amide bonds. The highest BCUT2D eigenvalue weighted by Crippen LogP contribution is 2.28. The Morgan fingerprint density at radius 2 is 2.25 bits per heavy atom. The Kier molecular flexibility index (Phi) is 6.54. The fourth-order valence-corrected chi connectivity index (χ4v) is 4.22. The maximum absolute atomic E-state index is 12.3. The van der Waals surface area contributed by atoms with E-state index in [1.54, 1.807) is 0 Å². The fraction of sp³-hybridized carbons (Fsp3) is 0.824. The number of aromatic amines is 1. The molecule has 0 aromatic carbocycles. The number of carbonyl (C=O) groups excluding carboxylic acids is 1. The molecule has 1 aromatic rings. The second kappa shape index (κ2) is 8.85. The van der Waals surface area contributed by atoms with Crippen molar-refractivity contribution in [2.24, 2.45) is 5.92 Å². The lowest BCUT2D eigenvalue weighted by atomic mass is 10.0. The molecule has 0 spiro atoms. The van der Waals surface area contributed by atoms with Gasteiger partial charge >= 0.3 is 0 Å². The number of aryl methyl sites for hydroxylation is 1. The summed E-state index contributed by atoms with van der Waals surface area (Å²) in [6.07, 6.45) is 8.78. The molecule has 1 aliphatic carbocycles. The van der Waals surface area contributed by atoms with Gasteiger partial charge in [-0.25, -0.2) is 4.98 Å². The first kappa shape index (κ1) is 17.7. The van der Waals surface area contributed by atoms with Gasteiger partial charge in [0.25, 0.3) is 0 Å². The smallest absolute Gasteiger partial charge is 0.233 e. The zero-order chi connectivity index (χ0) is 16.8. The lowest BCUT2D eigenvalue weighted by molar-refractivity contribution is -0.135. The average Bonchev–Trinajstić information content (AvgIpc) is 3.29. The standard InChI is InChI=1S/C17H28N4O2S/c1-2-14-11-21(9-10-23-14)16(22)12-24-17-18-15(19-20-17)8-7-13-5-3-4-6-13/h13-14H,2-12H2,1H3,(H,18,19,20). The highest BCUT2D eigenvalue weighted by molar-refractivity contribution is 7.99. The summed E-state index contributed by atoms with van der Waals surface area (Å²) in [6, 6.07) is 0. The van der Waals surface area contributed by atoms with E-state index in [1.165, 1.54) is 43.9 Å². The number of hydrogen-bond donors (Lipinski definition) is 1. The van der Waals surface area contributed by atoms with Gasteiger partial charge in [0.1, 0.15) is 5.82 Å². The van der Waals surface area contributed by atoms with E-state index in [1.807, 2.05) is 4.90 Å². The molecular formula is C17H28N4O2S. The molecule has 2 aliphatic rings. The van der Waals surface area contributed by atoms with Crippen LogP contribution in [-0.2, 0) is 16.0 Å². The number of thioether (sulfide) groups is 1. The second-order valence-electron chi connectivity index (χ2n) is 6.78. The van der Waals surface area contributed by atoms with E-state index in [0.717, 1.165) is 24.6 Å². The van der Waals surface area contributed by atoms with Gasteiger partial charge in [-0.2, -0.15) is 0 Å². The van der Waals surface area contributed by atoms with Gasteiger partial charge in [-0.1, -0.05) is 44.4 Å². The van der Waals surface area contributed by atoms with Gasteiger partial charge in [-0.3, -0.25) is 9.89 Å². The largest absolute Gasteiger partial charge is 0.375 e. The zero-order valence-corrected chi connectivity index (χ0v) is 15.3. The van der Waals surface area contributed by atoms with Crippen LogP contribution in [0, 0.1) is 5.92 Å². The van der Waals surface area contributed by atoms with Gasteiger partial charge in [-0.15, -0.1) is 5.10 Å². The van der Waals surface area contributed by atoms with Crippen LogP contribution in [0.25, 0.3) is 0 Å². The Hall–Kier alpha value is -1.08. The lowest BCUT2D eigenvalue weighted by Crippen LogP contribution is -2.46. The Labute approximate surface area is 148 Å². The molecule has 1 aromatic heterocycles. The molecule has 7 heteroatoms. The Morgan fingerprint density at radius 3 is 3.04 bits per heavy atom. The number of H-pyrrole nitrogens is 1. The zero-order valence-electron chi connectivity index (χ0n) is 14.5. The van der Waals surface area contributed by atoms with Crippen LogP contribution in [0.3, 0.4) is 0 Å². The number of hydrogen-bond acceptors (Lipinski definition) is 5. The molecule has 0 bridgehead atoms. The van der Waals surface area contributed by atoms with Crippen molar-refractivity contribution >= 4 is 17.7 Å². The molecular weight excluding hydrogens is 324 g/mol. The van der Waals surface area contributed by atoms with Crippen molar-refractivity contribution in [3.05, 3.63) is 5.82 Å². The molecule has 0 radical (unpaired) electrons. The Balaban J connectivity index is 1.40. The fourth-order valence-electron chi connectivity index (χ4n) is 3.50. The van der Waals surface area contributed by atoms with Crippen molar-refractivity contribution in [1.82, 2.24) is 20.1 Å². The monoisotopic (exact) mass is 352 g/mol. The van der Waals surface area contributed by atoms with Gasteiger partial charge < -0.3 is 9.64 Å². The topological polar surface area (TPSA) is 71.1 Å². The third-order valence-corrected chi connectivity index (χ3v) is 5.88. The summed E-state index contributed by atoms with van der Waals surface area (Å²) in [5.41, 5.74) is 0. The molecule has 2 fully saturated rings. The third kappa shape index (κ3) is 4.96. The van der Waals surface area contributed by atoms with Crippen molar-refractivity contribution < 1.29 is 9.53 Å². The maximum Gasteiger partial charge on any atom is 0.233 e. The first-order chi connectivity index (χ1) is 11.7. The second-order valence-corrected chi connectivity index (χ2v) is 7.73. The van der Waals surface area contributed by atoms with Gasteiger partial charge in [0, 0.05) is 19.5 Å². The van der Waals surface area contributed by atoms with Crippen LogP contribution < -0.4 is 0 Å². The van der Waals surface area contributed by atoms with Crippen LogP contribution in [0.1, 0.15) is 51.3 Å². The number of nitrogens with zero attached hydrogens (tertiary/aromatic N) is 3. The Bertz CT molecular complexity index is 530. The number of morpholine rings is 1. The number of ether oxygens (including phenoxy) is 1. The first-order valence-corrected chi connectivity index (χ1v) is 10.2. The minimum absolute atomic E-state index is 0.152. The quantitative estimate of drug-likeness (QED) is 0.764. The van der Waals surface area contributed by atoms with E-state index in [9.17, 15) is 4.79 Å². The van der Waals surface area contributed by atoms with Crippen LogP contribution in [0.2, 0.25) is 0 Å². The van der Waals surface area contributed by atoms with Gasteiger partial charge in [0.2, 0.25) is 11.1 Å². The van der Waals surface area contributed by atoms with E-state index in [2.05, 4.69) is 22.1 Å². The molecule has 1 saturated carbocycles. The highest BCUT2D eigenvalue weighted by atomic mass is 32.2. The van der Waals surface area contributed by atoms with Crippen molar-refractivity contribution in [3.8, 4) is 0 Å². The number of rotatable bonds is 7. The molecule has 1 N–H and O–H groups in total. The van der Waals surface area contributed by atoms with Crippen molar-refractivity contribution in [2.75, 3.05) is 25.4 Å². The number of amides is 1. The lowest BCUT2D eigenvalue weighted by Gasteiger charge is -2.32. The van der Waals surface area contributed by atoms with Crippen molar-refractivity contribution in [3.63, 3.8) is 0 Å². The van der Waals surface area contributed by atoms with Crippen molar-refractivity contribution in [2.45, 2.75) is 63.1 Å². The minimum Gasteiger partial charge on any atom is -0.375 e. The molecule has 2 heterocycles. The molecule has 24 heavy (non-hydrogen) atoms. The van der Waals surface area contributed by atoms with Crippen LogP contribution >= 0.6 is 11.8 Å². The highest BCUT2D eigenvalue weighted by Gasteiger charge is 2.23. The predicted molar refractivity (Wildman–Crippen MR) is 94.0 cm³/mol. The molecule has 1 saturated heterocycles. The van der Waals surface area contributed by atoms with E-state index < -0.39 is 0 Å². The third-order valence-electron chi connectivity index (χ3n) is 5.05. The normalized spacial score (nSPS) is 22.2. The summed E-state index contributed by atoms with van der Waals surface area (Å²) in [4.78, 5) is 18.7. The summed E-state index contributed by atoms with van der Waals surface area (Å²) in [7, 11) is 0. The molecule has 134 valence electrons. The molecule has 3 rings (SSSR count). The predicted octanol–water partition coefficient (Wildman–Crippen LogP) is 2.66. The molecule has 6 nitrogen and oxygen atoms in total. The van der Waals surface area contributed by atoms with Gasteiger partial charge in [0.05, 0.1) is 18.5 Å². The van der Waals surface area contributed by atoms with Crippen LogP contribution in [0.4, 0.5) is 0 Å². The van der Waals surface area contributed by atoms with E-state index in [-0.39, 0.29) is 12.0 Å². The Morgan fingerprint density at radius 1 is 1.42 bits per heavy atom. The SMILES string of the molecule is CCC1CN(C(=O)CSc2n[nH]c(CCC3CCCC3)n2)CCO1. The summed E-state index contributed by atoms with van der Waals surface area (Å²) in [5, 5.41) is 7.95. The summed E-state index contributed by atoms with van der Waals surface area (Å²) < 4.78 is 5.61. The van der Waals surface area contributed by atoms with Gasteiger partial charge in [-0.05, 0) is 18.8 Å². The number of aromatic nitrogens is 3. The molecule has 1 atom stereocenters. The summed E-state index contributed by atoms with van der Waals surface area (Å²) >= 11 is 1.42. The summed E-state index contributed by atoms with van der Waals surface area (Å²) in [6.45, 7) is 4.13. The van der Waals surface area contributed by atoms with E-state index in [0.29, 0.717) is 30.6 Å². The number of nitrogens with one attached hydrogen (secondary N) is 1. The average molecular weight is 353 g/mol. The van der Waals surface area contributed by atoms with Crippen LogP contribution in [0.5, 0.6) is 0 Å². The number of carbonyl (C=O) groups is 1. The first-order valence-electron chi connectivity index (χ1n) is 9.18.